The predicted octanol–water partition coefficient (Wildman–Crippen LogP) is 5.33. The molecule has 3 rings (SSSR count). The van der Waals surface area contributed by atoms with Gasteiger partial charge in [0, 0.05) is 31.2 Å². The molecule has 8 heteroatoms. The Hall–Kier alpha value is -1.47. The summed E-state index contributed by atoms with van der Waals surface area (Å²) in [4.78, 5) is 2.31. The number of hydrogen-bond acceptors (Lipinski definition) is 4. The fourth-order valence-electron chi connectivity index (χ4n) is 3.81. The van der Waals surface area contributed by atoms with Crippen LogP contribution in [0.1, 0.15) is 37.8 Å². The molecule has 0 unspecified atom stereocenters. The summed E-state index contributed by atoms with van der Waals surface area (Å²) in [7, 11) is -3.69. The van der Waals surface area contributed by atoms with Crippen molar-refractivity contribution in [1.82, 2.24) is 4.31 Å². The molecule has 1 saturated heterocycles. The van der Waals surface area contributed by atoms with Crippen LogP contribution in [0.15, 0.2) is 35.2 Å². The second kappa shape index (κ2) is 9.35. The van der Waals surface area contributed by atoms with Crippen molar-refractivity contribution in [2.24, 2.45) is 0 Å². The quantitative estimate of drug-likeness (QED) is 0.571. The number of piperazine rings is 1. The van der Waals surface area contributed by atoms with Crippen molar-refractivity contribution >= 4 is 38.9 Å². The molecule has 0 saturated carbocycles. The van der Waals surface area contributed by atoms with E-state index in [-0.39, 0.29) is 10.8 Å². The van der Waals surface area contributed by atoms with E-state index in [2.05, 4.69) is 18.7 Å². The zero-order valence-corrected chi connectivity index (χ0v) is 20.1. The average Bonchev–Trinajstić information content (AvgIpc) is 2.70. The Morgan fingerprint density at radius 3 is 2.33 bits per heavy atom. The van der Waals surface area contributed by atoms with Crippen LogP contribution in [0, 0.1) is 6.92 Å². The third-order valence-electron chi connectivity index (χ3n) is 5.36. The fourth-order valence-corrected chi connectivity index (χ4v) is 5.78. The zero-order valence-electron chi connectivity index (χ0n) is 17.8. The molecule has 0 bridgehead atoms. The van der Waals surface area contributed by atoms with Crippen molar-refractivity contribution in [3.05, 3.63) is 51.5 Å². The number of hydrogen-bond donors (Lipinski definition) is 0. The van der Waals surface area contributed by atoms with Gasteiger partial charge in [0.05, 0.1) is 17.3 Å². The largest absolute Gasteiger partial charge is 0.492 e. The van der Waals surface area contributed by atoms with Gasteiger partial charge >= 0.3 is 0 Å². The van der Waals surface area contributed by atoms with E-state index in [1.54, 1.807) is 18.2 Å². The Labute approximate surface area is 189 Å². The van der Waals surface area contributed by atoms with E-state index in [4.69, 9.17) is 27.9 Å². The number of rotatable bonds is 6. The molecule has 2 aromatic carbocycles. The second-order valence-corrected chi connectivity index (χ2v) is 10.5. The maximum Gasteiger partial charge on any atom is 0.246 e. The number of ether oxygens (including phenoxy) is 1. The van der Waals surface area contributed by atoms with Gasteiger partial charge in [0.15, 0.2) is 0 Å². The summed E-state index contributed by atoms with van der Waals surface area (Å²) in [5.41, 5.74) is 2.88. The first-order valence-electron chi connectivity index (χ1n) is 10.1. The summed E-state index contributed by atoms with van der Waals surface area (Å²) in [5, 5.41) is 1.21. The molecular weight excluding hydrogens is 443 g/mol. The van der Waals surface area contributed by atoms with Crippen LogP contribution in [0.3, 0.4) is 0 Å². The standard InChI is InChI=1S/C22H28Cl2N2O3S/c1-5-29-21-12-16(4)18(15(2)3)14-22(21)30(27,28)26-10-8-25(9-11-26)20-13-17(23)6-7-19(20)24/h6-7,12-15H,5,8-11H2,1-4H3. The highest BCUT2D eigenvalue weighted by atomic mass is 35.5. The number of aryl methyl sites for hydroxylation is 1. The lowest BCUT2D eigenvalue weighted by molar-refractivity contribution is 0.327. The van der Waals surface area contributed by atoms with E-state index in [1.807, 2.05) is 26.0 Å². The average molecular weight is 471 g/mol. The van der Waals surface area contributed by atoms with Gasteiger partial charge in [-0.15, -0.1) is 0 Å². The van der Waals surface area contributed by atoms with Crippen molar-refractivity contribution < 1.29 is 13.2 Å². The van der Waals surface area contributed by atoms with Crippen molar-refractivity contribution in [2.45, 2.75) is 38.5 Å². The lowest BCUT2D eigenvalue weighted by Crippen LogP contribution is -2.48. The Balaban J connectivity index is 1.88. The molecule has 0 spiro atoms. The first-order chi connectivity index (χ1) is 14.1. The molecule has 1 aliphatic heterocycles. The first-order valence-corrected chi connectivity index (χ1v) is 12.3. The van der Waals surface area contributed by atoms with Gasteiger partial charge < -0.3 is 9.64 Å². The number of benzene rings is 2. The summed E-state index contributed by atoms with van der Waals surface area (Å²) in [6.45, 7) is 10.2. The maximum atomic E-state index is 13.5. The van der Waals surface area contributed by atoms with Crippen LogP contribution in [-0.4, -0.2) is 45.5 Å². The third kappa shape index (κ3) is 4.72. The topological polar surface area (TPSA) is 49.9 Å². The van der Waals surface area contributed by atoms with Gasteiger partial charge in [-0.3, -0.25) is 0 Å². The Morgan fingerprint density at radius 1 is 1.07 bits per heavy atom. The minimum absolute atomic E-state index is 0.219. The Morgan fingerprint density at radius 2 is 1.73 bits per heavy atom. The van der Waals surface area contributed by atoms with E-state index in [0.29, 0.717) is 48.6 Å². The van der Waals surface area contributed by atoms with Crippen molar-refractivity contribution in [1.29, 1.82) is 0 Å². The SMILES string of the molecule is CCOc1cc(C)c(C(C)C)cc1S(=O)(=O)N1CCN(c2cc(Cl)ccc2Cl)CC1. The summed E-state index contributed by atoms with van der Waals surface area (Å²) < 4.78 is 34.3. The van der Waals surface area contributed by atoms with E-state index < -0.39 is 10.0 Å². The maximum absolute atomic E-state index is 13.5. The molecule has 0 aromatic heterocycles. The highest BCUT2D eigenvalue weighted by Crippen LogP contribution is 2.35. The molecule has 0 aliphatic carbocycles. The third-order valence-corrected chi connectivity index (χ3v) is 7.83. The van der Waals surface area contributed by atoms with Crippen LogP contribution < -0.4 is 9.64 Å². The summed E-state index contributed by atoms with van der Waals surface area (Å²) >= 11 is 12.4. The minimum atomic E-state index is -3.69. The molecule has 0 N–H and O–H groups in total. The van der Waals surface area contributed by atoms with Gasteiger partial charge in [-0.2, -0.15) is 4.31 Å². The second-order valence-electron chi connectivity index (χ2n) is 7.73. The summed E-state index contributed by atoms with van der Waals surface area (Å²) in [6.07, 6.45) is 0. The minimum Gasteiger partial charge on any atom is -0.492 e. The fraction of sp³-hybridized carbons (Fsp3) is 0.455. The molecule has 2 aromatic rings. The van der Waals surface area contributed by atoms with Gasteiger partial charge in [-0.05, 0) is 61.2 Å². The van der Waals surface area contributed by atoms with E-state index in [0.717, 1.165) is 16.8 Å². The van der Waals surface area contributed by atoms with E-state index in [1.165, 1.54) is 4.31 Å². The molecule has 0 amide bonds. The first kappa shape index (κ1) is 23.2. The van der Waals surface area contributed by atoms with Crippen molar-refractivity contribution in [2.75, 3.05) is 37.7 Å². The summed E-state index contributed by atoms with van der Waals surface area (Å²) in [6, 6.07) is 8.94. The lowest BCUT2D eigenvalue weighted by Gasteiger charge is -2.36. The molecule has 30 heavy (non-hydrogen) atoms. The monoisotopic (exact) mass is 470 g/mol. The van der Waals surface area contributed by atoms with Gasteiger partial charge in [0.25, 0.3) is 0 Å². The van der Waals surface area contributed by atoms with Crippen LogP contribution in [0.2, 0.25) is 10.0 Å². The molecule has 1 aliphatic rings. The number of anilines is 1. The van der Waals surface area contributed by atoms with E-state index in [9.17, 15) is 8.42 Å². The van der Waals surface area contributed by atoms with Gasteiger partial charge in [0.2, 0.25) is 10.0 Å². The van der Waals surface area contributed by atoms with Crippen molar-refractivity contribution in [3.8, 4) is 5.75 Å². The molecule has 0 radical (unpaired) electrons. The smallest absolute Gasteiger partial charge is 0.246 e. The van der Waals surface area contributed by atoms with Crippen LogP contribution in [-0.2, 0) is 10.0 Å². The normalized spacial score (nSPS) is 15.6. The number of nitrogens with zero attached hydrogens (tertiary/aromatic N) is 2. The van der Waals surface area contributed by atoms with Crippen LogP contribution in [0.25, 0.3) is 0 Å². The van der Waals surface area contributed by atoms with Crippen molar-refractivity contribution in [3.63, 3.8) is 0 Å². The van der Waals surface area contributed by atoms with Gasteiger partial charge in [0.1, 0.15) is 10.6 Å². The molecule has 1 fully saturated rings. The highest BCUT2D eigenvalue weighted by Gasteiger charge is 2.32. The molecular formula is C22H28Cl2N2O3S. The predicted molar refractivity (Wildman–Crippen MR) is 124 cm³/mol. The molecule has 164 valence electrons. The van der Waals surface area contributed by atoms with E-state index >= 15 is 0 Å². The summed E-state index contributed by atoms with van der Waals surface area (Å²) in [5.74, 6) is 0.635. The highest BCUT2D eigenvalue weighted by molar-refractivity contribution is 7.89. The zero-order chi connectivity index (χ0) is 22.1. The molecule has 5 nitrogen and oxygen atoms in total. The van der Waals surface area contributed by atoms with Crippen LogP contribution in [0.5, 0.6) is 5.75 Å². The molecule has 0 atom stereocenters. The number of sulfonamides is 1. The van der Waals surface area contributed by atoms with Crippen LogP contribution in [0.4, 0.5) is 5.69 Å². The van der Waals surface area contributed by atoms with Gasteiger partial charge in [-0.25, -0.2) is 8.42 Å². The molecule has 1 heterocycles. The Kier molecular flexibility index (Phi) is 7.23. The van der Waals surface area contributed by atoms with Crippen LogP contribution >= 0.6 is 23.2 Å². The Bertz CT molecular complexity index is 1020. The van der Waals surface area contributed by atoms with Gasteiger partial charge in [-0.1, -0.05) is 37.0 Å². The lowest BCUT2D eigenvalue weighted by atomic mass is 9.98. The number of halogens is 2.